The van der Waals surface area contributed by atoms with E-state index in [1.54, 1.807) is 0 Å². The molecule has 1 aromatic carbocycles. The van der Waals surface area contributed by atoms with Gasteiger partial charge in [0, 0.05) is 58.1 Å². The Labute approximate surface area is 189 Å². The van der Waals surface area contributed by atoms with Gasteiger partial charge in [-0.1, -0.05) is 36.4 Å². The van der Waals surface area contributed by atoms with E-state index in [1.165, 1.54) is 5.56 Å². The Morgan fingerprint density at radius 2 is 2.03 bits per heavy atom. The molecular weight excluding hydrogens is 400 g/mol. The van der Waals surface area contributed by atoms with Crippen LogP contribution in [0.5, 0.6) is 0 Å². The number of rotatable bonds is 6. The quantitative estimate of drug-likeness (QED) is 0.479. The molecule has 0 bridgehead atoms. The number of morpholine rings is 1. The number of fused-ring (bicyclic) bond motifs is 2. The third kappa shape index (κ3) is 4.64. The Balaban J connectivity index is 1.24. The van der Waals surface area contributed by atoms with Gasteiger partial charge in [-0.3, -0.25) is 9.89 Å². The smallest absolute Gasteiger partial charge is 0.194 e. The number of nitrogens with zero attached hydrogens (tertiary/aromatic N) is 5. The molecule has 0 saturated carbocycles. The Kier molecular flexibility index (Phi) is 6.36. The minimum atomic E-state index is 0.231. The highest BCUT2D eigenvalue weighted by Gasteiger charge is 2.41. The van der Waals surface area contributed by atoms with Crippen LogP contribution in [0.15, 0.2) is 65.9 Å². The van der Waals surface area contributed by atoms with Gasteiger partial charge in [0.15, 0.2) is 5.96 Å². The molecule has 2 fully saturated rings. The van der Waals surface area contributed by atoms with Crippen LogP contribution in [0, 0.1) is 0 Å². The summed E-state index contributed by atoms with van der Waals surface area (Å²) in [7, 11) is 0. The number of guanidine groups is 1. The van der Waals surface area contributed by atoms with E-state index in [9.17, 15) is 0 Å². The summed E-state index contributed by atoms with van der Waals surface area (Å²) >= 11 is 0. The number of aliphatic imine (C=N–C) groups is 1. The van der Waals surface area contributed by atoms with Gasteiger partial charge >= 0.3 is 0 Å². The fourth-order valence-corrected chi connectivity index (χ4v) is 4.76. The van der Waals surface area contributed by atoms with Crippen molar-refractivity contribution in [3.8, 4) is 0 Å². The van der Waals surface area contributed by atoms with E-state index in [0.717, 1.165) is 63.1 Å². The summed E-state index contributed by atoms with van der Waals surface area (Å²) in [5, 5.41) is 3.49. The molecule has 5 rings (SSSR count). The first-order valence-corrected chi connectivity index (χ1v) is 11.7. The second-order valence-corrected chi connectivity index (χ2v) is 8.52. The van der Waals surface area contributed by atoms with Crippen LogP contribution >= 0.6 is 0 Å². The van der Waals surface area contributed by atoms with Gasteiger partial charge in [0.25, 0.3) is 0 Å². The summed E-state index contributed by atoms with van der Waals surface area (Å²) in [4.78, 5) is 14.6. The molecule has 2 aliphatic rings. The van der Waals surface area contributed by atoms with E-state index in [4.69, 9.17) is 14.7 Å². The highest BCUT2D eigenvalue weighted by Crippen LogP contribution is 2.24. The van der Waals surface area contributed by atoms with E-state index in [2.05, 4.69) is 63.0 Å². The van der Waals surface area contributed by atoms with Gasteiger partial charge in [0.05, 0.1) is 24.4 Å². The summed E-state index contributed by atoms with van der Waals surface area (Å²) in [5.41, 5.74) is 3.42. The van der Waals surface area contributed by atoms with Crippen molar-refractivity contribution in [1.29, 1.82) is 0 Å². The maximum Gasteiger partial charge on any atom is 0.194 e. The molecule has 4 heterocycles. The lowest BCUT2D eigenvalue weighted by Crippen LogP contribution is -2.50. The summed E-state index contributed by atoms with van der Waals surface area (Å²) in [5.74, 6) is 0.980. The summed E-state index contributed by atoms with van der Waals surface area (Å²) in [6.07, 6.45) is 5.19. The maximum absolute atomic E-state index is 6.16. The Morgan fingerprint density at radius 1 is 1.16 bits per heavy atom. The van der Waals surface area contributed by atoms with Gasteiger partial charge < -0.3 is 19.4 Å². The van der Waals surface area contributed by atoms with Crippen LogP contribution in [-0.4, -0.2) is 76.6 Å². The molecule has 7 heteroatoms. The molecule has 3 aromatic rings. The zero-order valence-corrected chi connectivity index (χ0v) is 18.7. The van der Waals surface area contributed by atoms with Crippen LogP contribution < -0.4 is 5.32 Å². The van der Waals surface area contributed by atoms with Crippen molar-refractivity contribution in [3.05, 3.63) is 72.2 Å². The molecule has 7 nitrogen and oxygen atoms in total. The first-order chi connectivity index (χ1) is 15.8. The fourth-order valence-electron chi connectivity index (χ4n) is 4.76. The van der Waals surface area contributed by atoms with Crippen LogP contribution in [0.3, 0.4) is 0 Å². The maximum atomic E-state index is 6.16. The largest absolute Gasteiger partial charge is 0.373 e. The van der Waals surface area contributed by atoms with Crippen LogP contribution in [0.4, 0.5) is 0 Å². The average molecular weight is 433 g/mol. The third-order valence-electron chi connectivity index (χ3n) is 6.32. The van der Waals surface area contributed by atoms with Crippen molar-refractivity contribution in [2.45, 2.75) is 32.0 Å². The molecule has 0 radical (unpaired) electrons. The second-order valence-electron chi connectivity index (χ2n) is 8.52. The van der Waals surface area contributed by atoms with Crippen molar-refractivity contribution >= 4 is 11.6 Å². The minimum absolute atomic E-state index is 0.231. The van der Waals surface area contributed by atoms with Crippen molar-refractivity contribution in [3.63, 3.8) is 0 Å². The number of aromatic nitrogens is 2. The van der Waals surface area contributed by atoms with Gasteiger partial charge in [-0.25, -0.2) is 4.98 Å². The van der Waals surface area contributed by atoms with Crippen molar-refractivity contribution < 1.29 is 4.74 Å². The molecule has 0 aliphatic carbocycles. The highest BCUT2D eigenvalue weighted by atomic mass is 16.5. The van der Waals surface area contributed by atoms with Crippen molar-refractivity contribution in [1.82, 2.24) is 24.5 Å². The van der Waals surface area contributed by atoms with E-state index in [-0.39, 0.29) is 6.10 Å². The van der Waals surface area contributed by atoms with Crippen LogP contribution in [0.2, 0.25) is 0 Å². The average Bonchev–Trinajstić information content (AvgIpc) is 3.44. The summed E-state index contributed by atoms with van der Waals surface area (Å²) in [6.45, 7) is 8.27. The number of pyridine rings is 1. The molecule has 0 amide bonds. The predicted molar refractivity (Wildman–Crippen MR) is 127 cm³/mol. The van der Waals surface area contributed by atoms with E-state index < -0.39 is 0 Å². The first kappa shape index (κ1) is 21.0. The second kappa shape index (κ2) is 9.71. The SMILES string of the molecule is CCNC(=NCCc1cn2ccccc2n1)N1CC2OCCN(Cc3ccccc3)C2C1. The number of hydrogen-bond donors (Lipinski definition) is 1. The van der Waals surface area contributed by atoms with Gasteiger partial charge in [-0.2, -0.15) is 0 Å². The van der Waals surface area contributed by atoms with E-state index >= 15 is 0 Å². The van der Waals surface area contributed by atoms with Gasteiger partial charge in [-0.15, -0.1) is 0 Å². The van der Waals surface area contributed by atoms with Gasteiger partial charge in [0.1, 0.15) is 5.65 Å². The minimum Gasteiger partial charge on any atom is -0.373 e. The van der Waals surface area contributed by atoms with Crippen LogP contribution in [0.1, 0.15) is 18.2 Å². The lowest BCUT2D eigenvalue weighted by molar-refractivity contribution is -0.0502. The Morgan fingerprint density at radius 3 is 2.88 bits per heavy atom. The van der Waals surface area contributed by atoms with Gasteiger partial charge in [0.2, 0.25) is 0 Å². The zero-order valence-electron chi connectivity index (χ0n) is 18.7. The first-order valence-electron chi connectivity index (χ1n) is 11.7. The molecule has 168 valence electrons. The molecule has 32 heavy (non-hydrogen) atoms. The third-order valence-corrected chi connectivity index (χ3v) is 6.32. The summed E-state index contributed by atoms with van der Waals surface area (Å²) < 4.78 is 8.22. The van der Waals surface area contributed by atoms with Crippen LogP contribution in [-0.2, 0) is 17.7 Å². The number of ether oxygens (including phenoxy) is 1. The molecular formula is C25H32N6O. The lowest BCUT2D eigenvalue weighted by Gasteiger charge is -2.36. The number of imidazole rings is 1. The molecule has 2 aliphatic heterocycles. The van der Waals surface area contributed by atoms with Crippen molar-refractivity contribution in [2.24, 2.45) is 4.99 Å². The molecule has 1 N–H and O–H groups in total. The van der Waals surface area contributed by atoms with E-state index in [1.807, 2.05) is 24.4 Å². The predicted octanol–water partition coefficient (Wildman–Crippen LogP) is 2.43. The zero-order chi connectivity index (χ0) is 21.8. The highest BCUT2D eigenvalue weighted by molar-refractivity contribution is 5.80. The summed E-state index contributed by atoms with van der Waals surface area (Å²) in [6, 6.07) is 17.2. The van der Waals surface area contributed by atoms with E-state index in [0.29, 0.717) is 12.6 Å². The Bertz CT molecular complexity index is 1020. The molecule has 2 aromatic heterocycles. The normalized spacial score (nSPS) is 21.8. The standard InChI is InChI=1S/C25H32N6O/c1-2-26-25(27-12-11-21-17-30-13-7-6-10-24(30)28-21)31-18-22-23(19-31)32-15-14-29(22)16-20-8-4-3-5-9-20/h3-10,13,17,22-23H,2,11-12,14-16,18-19H2,1H3,(H,26,27). The molecule has 2 atom stereocenters. The Hall–Kier alpha value is -2.90. The van der Waals surface area contributed by atoms with Crippen molar-refractivity contribution in [2.75, 3.05) is 39.3 Å². The number of benzene rings is 1. The topological polar surface area (TPSA) is 57.4 Å². The lowest BCUT2D eigenvalue weighted by atomic mass is 10.1. The number of hydrogen-bond acceptors (Lipinski definition) is 4. The molecule has 2 saturated heterocycles. The van der Waals surface area contributed by atoms with Gasteiger partial charge in [-0.05, 0) is 24.6 Å². The number of likely N-dealkylation sites (tertiary alicyclic amines) is 1. The molecule has 0 spiro atoms. The monoisotopic (exact) mass is 432 g/mol. The van der Waals surface area contributed by atoms with Crippen LogP contribution in [0.25, 0.3) is 5.65 Å². The molecule has 2 unspecified atom stereocenters. The number of nitrogens with one attached hydrogen (secondary N) is 1. The fraction of sp³-hybridized carbons (Fsp3) is 0.440.